The molecular weight excluding hydrogens is 274 g/mol. The quantitative estimate of drug-likeness (QED) is 0.786. The van der Waals surface area contributed by atoms with Gasteiger partial charge in [0, 0.05) is 17.5 Å². The van der Waals surface area contributed by atoms with Crippen molar-refractivity contribution < 1.29 is 24.1 Å². The maximum absolute atomic E-state index is 11.7. The molecule has 3 atom stereocenters. The van der Waals surface area contributed by atoms with Crippen molar-refractivity contribution in [3.05, 3.63) is 23.3 Å². The molecule has 1 aromatic rings. The Morgan fingerprint density at radius 2 is 2.29 bits per heavy atom. The second-order valence-corrected chi connectivity index (χ2v) is 5.06. The molecule has 0 aliphatic carbocycles. The van der Waals surface area contributed by atoms with Gasteiger partial charge in [-0.05, 0) is 26.0 Å². The lowest BCUT2D eigenvalue weighted by atomic mass is 9.98. The number of rotatable bonds is 5. The third-order valence-electron chi connectivity index (χ3n) is 3.47. The van der Waals surface area contributed by atoms with Crippen LogP contribution in [0.3, 0.4) is 0 Å². The number of aliphatic hydroxyl groups excluding tert-OH is 1. The van der Waals surface area contributed by atoms with Gasteiger partial charge in [0.1, 0.15) is 29.7 Å². The molecule has 6 nitrogen and oxygen atoms in total. The minimum absolute atomic E-state index is 0.0795. The van der Waals surface area contributed by atoms with E-state index in [2.05, 4.69) is 0 Å². The molecule has 1 aliphatic rings. The summed E-state index contributed by atoms with van der Waals surface area (Å²) in [6.45, 7) is 3.86. The zero-order valence-electron chi connectivity index (χ0n) is 12.5. The number of carbonyl (C=O) groups is 1. The number of hydrogen-bond donors (Lipinski definition) is 2. The molecule has 0 fully saturated rings. The highest BCUT2D eigenvalue weighted by Crippen LogP contribution is 2.38. The number of hydrogen-bond acceptors (Lipinski definition) is 6. The van der Waals surface area contributed by atoms with Gasteiger partial charge >= 0.3 is 5.97 Å². The highest BCUT2D eigenvalue weighted by atomic mass is 16.5. The topological polar surface area (TPSA) is 91.0 Å². The van der Waals surface area contributed by atoms with Crippen molar-refractivity contribution in [2.75, 3.05) is 13.7 Å². The Hall–Kier alpha value is -1.79. The number of ether oxygens (including phenoxy) is 3. The first-order valence-corrected chi connectivity index (χ1v) is 6.95. The SMILES string of the molecule is CCOC(=O)C(N)C(O)c1cc2c(cc1OC)CC(C)O2. The number of carbonyl (C=O) groups excluding carboxylic acids is 1. The number of aliphatic hydroxyl groups is 1. The van der Waals surface area contributed by atoms with Gasteiger partial charge in [-0.3, -0.25) is 4.79 Å². The largest absolute Gasteiger partial charge is 0.496 e. The smallest absolute Gasteiger partial charge is 0.325 e. The molecule has 1 heterocycles. The third kappa shape index (κ3) is 3.11. The van der Waals surface area contributed by atoms with Crippen molar-refractivity contribution >= 4 is 5.97 Å². The lowest BCUT2D eigenvalue weighted by molar-refractivity contribution is -0.147. The number of esters is 1. The maximum atomic E-state index is 11.7. The van der Waals surface area contributed by atoms with Crippen LogP contribution >= 0.6 is 0 Å². The third-order valence-corrected chi connectivity index (χ3v) is 3.47. The van der Waals surface area contributed by atoms with Crippen LogP contribution in [0, 0.1) is 0 Å². The Labute approximate surface area is 123 Å². The van der Waals surface area contributed by atoms with Crippen molar-refractivity contribution in [1.82, 2.24) is 0 Å². The summed E-state index contributed by atoms with van der Waals surface area (Å²) in [4.78, 5) is 11.7. The average Bonchev–Trinajstić information content (AvgIpc) is 2.83. The number of fused-ring (bicyclic) bond motifs is 1. The van der Waals surface area contributed by atoms with Gasteiger partial charge in [0.2, 0.25) is 0 Å². The van der Waals surface area contributed by atoms with Crippen LogP contribution in [0.15, 0.2) is 12.1 Å². The maximum Gasteiger partial charge on any atom is 0.325 e. The molecule has 3 N–H and O–H groups in total. The molecule has 0 amide bonds. The number of benzene rings is 1. The van der Waals surface area contributed by atoms with Gasteiger partial charge < -0.3 is 25.1 Å². The second-order valence-electron chi connectivity index (χ2n) is 5.06. The van der Waals surface area contributed by atoms with Crippen molar-refractivity contribution in [2.24, 2.45) is 5.73 Å². The van der Waals surface area contributed by atoms with Gasteiger partial charge in [-0.2, -0.15) is 0 Å². The molecule has 116 valence electrons. The Morgan fingerprint density at radius 1 is 1.57 bits per heavy atom. The summed E-state index contributed by atoms with van der Waals surface area (Å²) in [5.74, 6) is 0.522. The first kappa shape index (κ1) is 15.6. The zero-order chi connectivity index (χ0) is 15.6. The molecule has 0 saturated heterocycles. The number of methoxy groups -OCH3 is 1. The van der Waals surface area contributed by atoms with Crippen molar-refractivity contribution in [2.45, 2.75) is 38.5 Å². The van der Waals surface area contributed by atoms with Gasteiger partial charge in [0.25, 0.3) is 0 Å². The molecule has 0 bridgehead atoms. The van der Waals surface area contributed by atoms with Crippen molar-refractivity contribution in [3.63, 3.8) is 0 Å². The summed E-state index contributed by atoms with van der Waals surface area (Å²) in [7, 11) is 1.51. The van der Waals surface area contributed by atoms with Crippen LogP contribution in [-0.2, 0) is 16.0 Å². The van der Waals surface area contributed by atoms with Crippen LogP contribution in [0.1, 0.15) is 31.1 Å². The first-order chi connectivity index (χ1) is 9.97. The van der Waals surface area contributed by atoms with Gasteiger partial charge in [-0.25, -0.2) is 0 Å². The Bertz CT molecular complexity index is 531. The second kappa shape index (κ2) is 6.32. The van der Waals surface area contributed by atoms with Crippen LogP contribution in [0.2, 0.25) is 0 Å². The van der Waals surface area contributed by atoms with E-state index in [-0.39, 0.29) is 12.7 Å². The molecule has 1 aliphatic heterocycles. The summed E-state index contributed by atoms with van der Waals surface area (Å²) in [6.07, 6.45) is -0.355. The van der Waals surface area contributed by atoms with Gasteiger partial charge in [0.05, 0.1) is 13.7 Å². The molecule has 0 spiro atoms. The fourth-order valence-electron chi connectivity index (χ4n) is 2.42. The summed E-state index contributed by atoms with van der Waals surface area (Å²) < 4.78 is 15.8. The molecule has 6 heteroatoms. The van der Waals surface area contributed by atoms with Gasteiger partial charge in [0.15, 0.2) is 0 Å². The molecule has 2 rings (SSSR count). The Balaban J connectivity index is 2.30. The summed E-state index contributed by atoms with van der Waals surface area (Å²) >= 11 is 0. The minimum Gasteiger partial charge on any atom is -0.496 e. The van der Waals surface area contributed by atoms with Crippen LogP contribution in [0.25, 0.3) is 0 Å². The van der Waals surface area contributed by atoms with E-state index in [4.69, 9.17) is 19.9 Å². The van der Waals surface area contributed by atoms with Crippen molar-refractivity contribution in [3.8, 4) is 11.5 Å². The molecule has 21 heavy (non-hydrogen) atoms. The lowest BCUT2D eigenvalue weighted by Crippen LogP contribution is -2.38. The monoisotopic (exact) mass is 295 g/mol. The van der Waals surface area contributed by atoms with E-state index in [1.807, 2.05) is 13.0 Å². The van der Waals surface area contributed by atoms with Crippen molar-refractivity contribution in [1.29, 1.82) is 0 Å². The minimum atomic E-state index is -1.22. The predicted molar refractivity (Wildman–Crippen MR) is 76.4 cm³/mol. The van der Waals surface area contributed by atoms with Crippen LogP contribution in [-0.4, -0.2) is 36.9 Å². The Kier molecular flexibility index (Phi) is 4.69. The predicted octanol–water partition coefficient (Wildman–Crippen LogP) is 0.942. The fourth-order valence-corrected chi connectivity index (χ4v) is 2.42. The first-order valence-electron chi connectivity index (χ1n) is 6.95. The van der Waals surface area contributed by atoms with E-state index < -0.39 is 18.1 Å². The molecule has 0 radical (unpaired) electrons. The molecule has 0 saturated carbocycles. The van der Waals surface area contributed by atoms with Gasteiger partial charge in [-0.15, -0.1) is 0 Å². The van der Waals surface area contributed by atoms with E-state index >= 15 is 0 Å². The van der Waals surface area contributed by atoms with E-state index in [1.54, 1.807) is 13.0 Å². The standard InChI is InChI=1S/C15H21NO5/c1-4-20-15(18)13(16)14(17)10-7-11-9(5-8(2)21-11)6-12(10)19-3/h6-8,13-14,17H,4-5,16H2,1-3H3. The van der Waals surface area contributed by atoms with E-state index in [1.165, 1.54) is 7.11 Å². The van der Waals surface area contributed by atoms with Crippen LogP contribution < -0.4 is 15.2 Å². The molecule has 0 aromatic heterocycles. The molecular formula is C15H21NO5. The van der Waals surface area contributed by atoms with Gasteiger partial charge in [-0.1, -0.05) is 0 Å². The number of nitrogens with two attached hydrogens (primary N) is 1. The van der Waals surface area contributed by atoms with Crippen LogP contribution in [0.5, 0.6) is 11.5 Å². The fraction of sp³-hybridized carbons (Fsp3) is 0.533. The highest BCUT2D eigenvalue weighted by Gasteiger charge is 2.30. The summed E-state index contributed by atoms with van der Waals surface area (Å²) in [5.41, 5.74) is 7.19. The average molecular weight is 295 g/mol. The van der Waals surface area contributed by atoms with Crippen LogP contribution in [0.4, 0.5) is 0 Å². The Morgan fingerprint density at radius 3 is 2.90 bits per heavy atom. The van der Waals surface area contributed by atoms with E-state index in [0.29, 0.717) is 17.1 Å². The molecule has 1 aromatic carbocycles. The summed E-state index contributed by atoms with van der Waals surface area (Å²) in [6, 6.07) is 2.33. The normalized spacial score (nSPS) is 19.4. The lowest BCUT2D eigenvalue weighted by Gasteiger charge is -2.20. The van der Waals surface area contributed by atoms with E-state index in [0.717, 1.165) is 12.0 Å². The van der Waals surface area contributed by atoms with E-state index in [9.17, 15) is 9.90 Å². The zero-order valence-corrected chi connectivity index (χ0v) is 12.5. The highest BCUT2D eigenvalue weighted by molar-refractivity contribution is 5.76. The summed E-state index contributed by atoms with van der Waals surface area (Å²) in [5, 5.41) is 10.3. The molecule has 3 unspecified atom stereocenters.